The average Bonchev–Trinajstić information content (AvgIpc) is 3.03. The van der Waals surface area contributed by atoms with E-state index in [1.165, 1.54) is 0 Å². The van der Waals surface area contributed by atoms with E-state index >= 15 is 0 Å². The highest BCUT2D eigenvalue weighted by Gasteiger charge is 2.38. The van der Waals surface area contributed by atoms with Crippen molar-refractivity contribution in [2.45, 2.75) is 72.5 Å². The standard InChI is InChI=1S/C21H37N3O4/c1-9-28-20(27)14(2)13-15(3)24(8)19(26)17(21(4,5)6)22-18(25)16-11-10-12-23(16)7/h13,15-17H,9-12H2,1-8H3,(H,22,25)/b14-13+. The summed E-state index contributed by atoms with van der Waals surface area (Å²) < 4.78 is 4.99. The first-order valence-electron chi connectivity index (χ1n) is 10.0. The van der Waals surface area contributed by atoms with Crippen molar-refractivity contribution in [2.24, 2.45) is 5.41 Å². The maximum Gasteiger partial charge on any atom is 0.333 e. The number of nitrogens with one attached hydrogen (secondary N) is 1. The van der Waals surface area contributed by atoms with Crippen LogP contribution in [0, 0.1) is 5.41 Å². The van der Waals surface area contributed by atoms with Gasteiger partial charge in [0.05, 0.1) is 12.6 Å². The van der Waals surface area contributed by atoms with Crippen molar-refractivity contribution in [3.05, 3.63) is 11.6 Å². The van der Waals surface area contributed by atoms with E-state index in [4.69, 9.17) is 4.74 Å². The van der Waals surface area contributed by atoms with Crippen molar-refractivity contribution >= 4 is 17.8 Å². The Labute approximate surface area is 169 Å². The second-order valence-corrected chi connectivity index (χ2v) is 8.71. The van der Waals surface area contributed by atoms with Crippen LogP contribution in [0.4, 0.5) is 0 Å². The van der Waals surface area contributed by atoms with Crippen LogP contribution in [-0.2, 0) is 19.1 Å². The fourth-order valence-corrected chi connectivity index (χ4v) is 3.32. The summed E-state index contributed by atoms with van der Waals surface area (Å²) in [6, 6.07) is -1.16. The second-order valence-electron chi connectivity index (χ2n) is 8.71. The molecule has 1 N–H and O–H groups in total. The van der Waals surface area contributed by atoms with E-state index in [1.807, 2.05) is 39.6 Å². The molecule has 3 unspecified atom stereocenters. The topological polar surface area (TPSA) is 79.0 Å². The molecule has 7 nitrogen and oxygen atoms in total. The van der Waals surface area contributed by atoms with Crippen LogP contribution in [0.25, 0.3) is 0 Å². The van der Waals surface area contributed by atoms with Crippen LogP contribution in [-0.4, -0.2) is 73.0 Å². The van der Waals surface area contributed by atoms with Crippen molar-refractivity contribution in [3.8, 4) is 0 Å². The summed E-state index contributed by atoms with van der Waals surface area (Å²) in [7, 11) is 3.62. The summed E-state index contributed by atoms with van der Waals surface area (Å²) in [6.07, 6.45) is 3.50. The molecule has 0 spiro atoms. The lowest BCUT2D eigenvalue weighted by atomic mass is 9.85. The van der Waals surface area contributed by atoms with Gasteiger partial charge in [-0.2, -0.15) is 0 Å². The third-order valence-corrected chi connectivity index (χ3v) is 5.27. The molecular formula is C21H37N3O4. The Bertz CT molecular complexity index is 609. The van der Waals surface area contributed by atoms with Gasteiger partial charge < -0.3 is 15.0 Å². The number of likely N-dealkylation sites (N-methyl/N-ethyl adjacent to an activating group) is 2. The van der Waals surface area contributed by atoms with E-state index in [9.17, 15) is 14.4 Å². The van der Waals surface area contributed by atoms with E-state index < -0.39 is 11.5 Å². The molecule has 3 atom stereocenters. The van der Waals surface area contributed by atoms with E-state index in [-0.39, 0.29) is 29.9 Å². The molecule has 0 radical (unpaired) electrons. The number of esters is 1. The van der Waals surface area contributed by atoms with Gasteiger partial charge in [-0.15, -0.1) is 0 Å². The van der Waals surface area contributed by atoms with E-state index in [0.29, 0.717) is 12.2 Å². The fourth-order valence-electron chi connectivity index (χ4n) is 3.32. The third kappa shape index (κ3) is 6.33. The Kier molecular flexibility index (Phi) is 8.67. The Hall–Kier alpha value is -1.89. The number of rotatable bonds is 7. The molecule has 1 aliphatic heterocycles. The molecule has 0 aromatic carbocycles. The van der Waals surface area contributed by atoms with Crippen molar-refractivity contribution in [3.63, 3.8) is 0 Å². The smallest absolute Gasteiger partial charge is 0.333 e. The molecule has 1 saturated heterocycles. The van der Waals surface area contributed by atoms with Gasteiger partial charge in [0.1, 0.15) is 6.04 Å². The lowest BCUT2D eigenvalue weighted by molar-refractivity contribution is -0.140. The molecule has 1 fully saturated rings. The van der Waals surface area contributed by atoms with Gasteiger partial charge >= 0.3 is 5.97 Å². The highest BCUT2D eigenvalue weighted by atomic mass is 16.5. The summed E-state index contributed by atoms with van der Waals surface area (Å²) in [5.41, 5.74) is 0.00978. The van der Waals surface area contributed by atoms with Crippen molar-refractivity contribution in [1.29, 1.82) is 0 Å². The summed E-state index contributed by atoms with van der Waals surface area (Å²) in [4.78, 5) is 41.4. The van der Waals surface area contributed by atoms with Crippen LogP contribution in [0.2, 0.25) is 0 Å². The predicted molar refractivity (Wildman–Crippen MR) is 110 cm³/mol. The number of hydrogen-bond acceptors (Lipinski definition) is 5. The summed E-state index contributed by atoms with van der Waals surface area (Å²) in [6.45, 7) is 12.3. The van der Waals surface area contributed by atoms with Gasteiger partial charge in [-0.3, -0.25) is 14.5 Å². The summed E-state index contributed by atoms with van der Waals surface area (Å²) in [5, 5.41) is 2.98. The minimum Gasteiger partial charge on any atom is -0.463 e. The van der Waals surface area contributed by atoms with Crippen molar-refractivity contribution in [1.82, 2.24) is 15.1 Å². The highest BCUT2D eigenvalue weighted by molar-refractivity contribution is 5.91. The summed E-state index contributed by atoms with van der Waals surface area (Å²) in [5.74, 6) is -0.672. The Morgan fingerprint density at radius 1 is 1.32 bits per heavy atom. The molecule has 0 aliphatic carbocycles. The average molecular weight is 396 g/mol. The number of carbonyl (C=O) groups excluding carboxylic acids is 3. The van der Waals surface area contributed by atoms with Crippen molar-refractivity contribution < 1.29 is 19.1 Å². The molecule has 2 amide bonds. The molecule has 28 heavy (non-hydrogen) atoms. The molecule has 0 bridgehead atoms. The molecule has 0 saturated carbocycles. The number of likely N-dealkylation sites (tertiary alicyclic amines) is 1. The zero-order valence-electron chi connectivity index (χ0n) is 18.7. The quantitative estimate of drug-likeness (QED) is 0.527. The zero-order valence-corrected chi connectivity index (χ0v) is 18.7. The first-order chi connectivity index (χ1) is 12.9. The van der Waals surface area contributed by atoms with E-state index in [2.05, 4.69) is 5.32 Å². The first kappa shape index (κ1) is 24.1. The Balaban J connectivity index is 2.92. The number of carbonyl (C=O) groups is 3. The zero-order chi connectivity index (χ0) is 21.6. The number of hydrogen-bond donors (Lipinski definition) is 1. The van der Waals surface area contributed by atoms with Gasteiger partial charge in [-0.1, -0.05) is 26.8 Å². The van der Waals surface area contributed by atoms with Gasteiger partial charge in [0.15, 0.2) is 0 Å². The maximum atomic E-state index is 13.2. The molecule has 1 rings (SSSR count). The predicted octanol–water partition coefficient (Wildman–Crippen LogP) is 1.97. The SMILES string of the molecule is CCOC(=O)/C(C)=C/C(C)N(C)C(=O)C(NC(=O)C1CCCN1C)C(C)(C)C. The minimum atomic E-state index is -0.655. The largest absolute Gasteiger partial charge is 0.463 e. The number of amides is 2. The van der Waals surface area contributed by atoms with Crippen LogP contribution in [0.15, 0.2) is 11.6 Å². The minimum absolute atomic E-state index is 0.104. The van der Waals surface area contributed by atoms with Crippen LogP contribution >= 0.6 is 0 Å². The molecule has 160 valence electrons. The monoisotopic (exact) mass is 395 g/mol. The van der Waals surface area contributed by atoms with Gasteiger partial charge in [0.25, 0.3) is 0 Å². The lowest BCUT2D eigenvalue weighted by Crippen LogP contribution is -2.58. The Morgan fingerprint density at radius 2 is 1.93 bits per heavy atom. The van der Waals surface area contributed by atoms with E-state index in [1.54, 1.807) is 31.9 Å². The van der Waals surface area contributed by atoms with Crippen LogP contribution in [0.1, 0.15) is 54.4 Å². The first-order valence-corrected chi connectivity index (χ1v) is 10.0. The van der Waals surface area contributed by atoms with Crippen molar-refractivity contribution in [2.75, 3.05) is 27.2 Å². The maximum absolute atomic E-state index is 13.2. The summed E-state index contributed by atoms with van der Waals surface area (Å²) >= 11 is 0. The lowest BCUT2D eigenvalue weighted by Gasteiger charge is -2.36. The van der Waals surface area contributed by atoms with Gasteiger partial charge in [-0.25, -0.2) is 4.79 Å². The Morgan fingerprint density at radius 3 is 2.39 bits per heavy atom. The molecule has 1 heterocycles. The molecule has 1 aliphatic rings. The number of nitrogens with zero attached hydrogens (tertiary/aromatic N) is 2. The third-order valence-electron chi connectivity index (χ3n) is 5.27. The molecule has 0 aromatic heterocycles. The van der Waals surface area contributed by atoms with Crippen LogP contribution in [0.3, 0.4) is 0 Å². The highest BCUT2D eigenvalue weighted by Crippen LogP contribution is 2.23. The normalized spacial score (nSPS) is 20.4. The number of ether oxygens (including phenoxy) is 1. The molecular weight excluding hydrogens is 358 g/mol. The molecule has 7 heteroatoms. The van der Waals surface area contributed by atoms with E-state index in [0.717, 1.165) is 19.4 Å². The van der Waals surface area contributed by atoms with Gasteiger partial charge in [-0.05, 0) is 52.6 Å². The fraction of sp³-hybridized carbons (Fsp3) is 0.762. The second kappa shape index (κ2) is 10.0. The van der Waals surface area contributed by atoms with Gasteiger partial charge in [0, 0.05) is 18.7 Å². The molecule has 0 aromatic rings. The van der Waals surface area contributed by atoms with Gasteiger partial charge in [0.2, 0.25) is 11.8 Å². The van der Waals surface area contributed by atoms with Crippen LogP contribution in [0.5, 0.6) is 0 Å². The van der Waals surface area contributed by atoms with Crippen LogP contribution < -0.4 is 5.32 Å².